The minimum absolute atomic E-state index is 0.396. The van der Waals surface area contributed by atoms with E-state index < -0.39 is 10.3 Å². The topological polar surface area (TPSA) is 0 Å². The van der Waals surface area contributed by atoms with E-state index in [-0.39, 0.29) is 0 Å². The molecule has 0 aliphatic rings. The van der Waals surface area contributed by atoms with E-state index in [1.165, 1.54) is 0 Å². The van der Waals surface area contributed by atoms with Crippen LogP contribution in [0.3, 0.4) is 0 Å². The average Bonchev–Trinajstić information content (AvgIpc) is 1.82. The summed E-state index contributed by atoms with van der Waals surface area (Å²) in [6.07, 6.45) is 0. The molecule has 0 saturated carbocycles. The third-order valence-corrected chi connectivity index (χ3v) is 11.7. The Morgan fingerprint density at radius 3 is 1.54 bits per heavy atom. The Balaban J connectivity index is 3.34. The van der Waals surface area contributed by atoms with Gasteiger partial charge in [-0.05, 0) is 0 Å². The first-order valence-corrected chi connectivity index (χ1v) is 20.8. The van der Waals surface area contributed by atoms with E-state index in [0.717, 1.165) is 5.56 Å². The van der Waals surface area contributed by atoms with Gasteiger partial charge in [0.15, 0.2) is 0 Å². The van der Waals surface area contributed by atoms with Crippen LogP contribution in [0.2, 0.25) is 0 Å². The molecule has 1 rings (SSSR count). The van der Waals surface area contributed by atoms with E-state index in [1.807, 2.05) is 6.92 Å². The second-order valence-electron chi connectivity index (χ2n) is 2.90. The van der Waals surface area contributed by atoms with Crippen molar-refractivity contribution in [1.82, 2.24) is 0 Å². The van der Waals surface area contributed by atoms with E-state index in [2.05, 4.69) is 0 Å². The molecule has 0 amide bonds. The van der Waals surface area contributed by atoms with E-state index in [1.54, 1.807) is 24.3 Å². The molecular formula is C7H7Cl5Sb-. The van der Waals surface area contributed by atoms with Crippen molar-refractivity contribution in [3.05, 3.63) is 29.8 Å². The third kappa shape index (κ3) is 3.86. The molecule has 76 valence electrons. The maximum absolute atomic E-state index is 5.88. The molecule has 0 saturated heterocycles. The van der Waals surface area contributed by atoms with Gasteiger partial charge >= 0.3 is 94.7 Å². The SMILES string of the molecule is Cc1cc[c]([Sb-]([Cl])([Cl])([Cl])([Cl])[Cl])cc1. The predicted molar refractivity (Wildman–Crippen MR) is 65.8 cm³/mol. The number of halogens is 5. The van der Waals surface area contributed by atoms with Crippen molar-refractivity contribution >= 4 is 57.9 Å². The Morgan fingerprint density at radius 2 is 1.23 bits per heavy atom. The van der Waals surface area contributed by atoms with E-state index >= 15 is 0 Å². The van der Waals surface area contributed by atoms with Gasteiger partial charge in [0.2, 0.25) is 0 Å². The molecule has 1 aromatic carbocycles. The van der Waals surface area contributed by atoms with Crippen LogP contribution in [0.15, 0.2) is 24.3 Å². The van der Waals surface area contributed by atoms with Crippen molar-refractivity contribution in [2.75, 3.05) is 0 Å². The molecule has 0 nitrogen and oxygen atoms in total. The summed E-state index contributed by atoms with van der Waals surface area (Å²) in [6.45, 7) is 1.93. The molecule has 6 heteroatoms. The first-order valence-electron chi connectivity index (χ1n) is 3.39. The normalized spacial score (nSPS) is 17.7. The Morgan fingerprint density at radius 1 is 0.846 bits per heavy atom. The van der Waals surface area contributed by atoms with Crippen LogP contribution in [0, 0.1) is 6.92 Å². The minimum atomic E-state index is -5.50. The summed E-state index contributed by atoms with van der Waals surface area (Å²) < 4.78 is 0.396. The van der Waals surface area contributed by atoms with Gasteiger partial charge in [-0.15, -0.1) is 0 Å². The molecule has 1 aromatic rings. The fraction of sp³-hybridized carbons (Fsp3) is 0.143. The monoisotopic (exact) mass is 387 g/mol. The molecule has 13 heavy (non-hydrogen) atoms. The molecule has 0 bridgehead atoms. The fourth-order valence-corrected chi connectivity index (χ4v) is 6.64. The van der Waals surface area contributed by atoms with Crippen LogP contribution in [-0.4, -0.2) is 10.3 Å². The molecule has 0 spiro atoms. The van der Waals surface area contributed by atoms with Crippen molar-refractivity contribution in [2.24, 2.45) is 0 Å². The Hall–Kier alpha value is 1.49. The number of aryl methyl sites for hydroxylation is 1. The molecule has 0 aliphatic carbocycles. The summed E-state index contributed by atoms with van der Waals surface area (Å²) >= 11 is 0. The van der Waals surface area contributed by atoms with Crippen LogP contribution < -0.4 is 3.51 Å². The van der Waals surface area contributed by atoms with Gasteiger partial charge in [0.25, 0.3) is 0 Å². The zero-order valence-electron chi connectivity index (χ0n) is 6.65. The molecule has 0 aliphatic heterocycles. The van der Waals surface area contributed by atoms with Crippen LogP contribution in [0.1, 0.15) is 5.56 Å². The van der Waals surface area contributed by atoms with E-state index in [9.17, 15) is 0 Å². The van der Waals surface area contributed by atoms with Crippen LogP contribution in [0.25, 0.3) is 0 Å². The fourth-order valence-electron chi connectivity index (χ4n) is 0.826. The summed E-state index contributed by atoms with van der Waals surface area (Å²) in [5, 5.41) is 0. The van der Waals surface area contributed by atoms with Gasteiger partial charge in [0, 0.05) is 0 Å². The van der Waals surface area contributed by atoms with Gasteiger partial charge in [-0.2, -0.15) is 0 Å². The van der Waals surface area contributed by atoms with E-state index in [0.29, 0.717) is 3.51 Å². The number of benzene rings is 1. The molecule has 0 unspecified atom stereocenters. The van der Waals surface area contributed by atoms with Crippen molar-refractivity contribution in [3.63, 3.8) is 0 Å². The van der Waals surface area contributed by atoms with Crippen LogP contribution in [-0.2, 0) is 0 Å². The summed E-state index contributed by atoms with van der Waals surface area (Å²) in [5.74, 6) is 0. The molecule has 0 atom stereocenters. The van der Waals surface area contributed by atoms with Gasteiger partial charge in [0.1, 0.15) is 0 Å². The molecule has 0 radical (unpaired) electrons. The zero-order valence-corrected chi connectivity index (χ0v) is 13.0. The summed E-state index contributed by atoms with van der Waals surface area (Å²) in [7, 11) is 23.9. The third-order valence-electron chi connectivity index (χ3n) is 1.52. The Labute approximate surface area is 93.5 Å². The summed E-state index contributed by atoms with van der Waals surface area (Å²) in [5.41, 5.74) is 1.06. The predicted octanol–water partition coefficient (Wildman–Crippen LogP) is 4.24. The molecule has 0 heterocycles. The Bertz CT molecular complexity index is 321. The van der Waals surface area contributed by atoms with Crippen molar-refractivity contribution in [2.45, 2.75) is 6.92 Å². The van der Waals surface area contributed by atoms with Crippen molar-refractivity contribution in [1.29, 1.82) is 0 Å². The number of hydrogen-bond acceptors (Lipinski definition) is 0. The first-order chi connectivity index (χ1) is 5.49. The van der Waals surface area contributed by atoms with Gasteiger partial charge in [-0.3, -0.25) is 0 Å². The van der Waals surface area contributed by atoms with E-state index in [4.69, 9.17) is 44.1 Å². The number of hydrogen-bond donors (Lipinski definition) is 0. The second-order valence-corrected chi connectivity index (χ2v) is 50.4. The molecule has 0 N–H and O–H groups in total. The van der Waals surface area contributed by atoms with Crippen LogP contribution in [0.5, 0.6) is 0 Å². The molecule has 0 fully saturated rings. The van der Waals surface area contributed by atoms with Gasteiger partial charge < -0.3 is 0 Å². The van der Waals surface area contributed by atoms with Crippen LogP contribution in [0.4, 0.5) is 0 Å². The summed E-state index contributed by atoms with van der Waals surface area (Å²) in [4.78, 5) is 0. The van der Waals surface area contributed by atoms with Crippen LogP contribution >= 0.6 is 44.1 Å². The molecular weight excluding hydrogens is 383 g/mol. The molecule has 0 aromatic heterocycles. The summed E-state index contributed by atoms with van der Waals surface area (Å²) in [6, 6.07) is 6.91. The zero-order chi connectivity index (χ0) is 10.4. The number of rotatable bonds is 1. The van der Waals surface area contributed by atoms with Crippen molar-refractivity contribution < 1.29 is 0 Å². The Kier molecular flexibility index (Phi) is 2.90. The quantitative estimate of drug-likeness (QED) is 0.630. The maximum atomic E-state index is 5.88. The standard InChI is InChI=1S/C7H7.5ClH.Sb/c1-7-5-3-2-4-6-7;;;;;;/h3-6H,1H3;5*1H;/q;;;;;;+4/p-5. The van der Waals surface area contributed by atoms with Gasteiger partial charge in [-0.25, -0.2) is 0 Å². The second kappa shape index (κ2) is 3.00. The average molecular weight is 390 g/mol. The van der Waals surface area contributed by atoms with Crippen molar-refractivity contribution in [3.8, 4) is 0 Å². The first kappa shape index (κ1) is 12.6. The van der Waals surface area contributed by atoms with Gasteiger partial charge in [-0.1, -0.05) is 0 Å². The van der Waals surface area contributed by atoms with Gasteiger partial charge in [0.05, 0.1) is 0 Å².